The zero-order chi connectivity index (χ0) is 15.8. The van der Waals surface area contributed by atoms with E-state index in [1.165, 1.54) is 4.90 Å². The molecule has 1 atom stereocenters. The second kappa shape index (κ2) is 8.26. The fraction of sp³-hybridized carbons (Fsp3) is 0.467. The van der Waals surface area contributed by atoms with Crippen LogP contribution in [0.2, 0.25) is 0 Å². The second-order valence-electron chi connectivity index (χ2n) is 4.77. The molecule has 0 radical (unpaired) electrons. The van der Waals surface area contributed by atoms with Crippen LogP contribution >= 0.6 is 0 Å². The van der Waals surface area contributed by atoms with Gasteiger partial charge in [-0.15, -0.1) is 0 Å². The van der Waals surface area contributed by atoms with Crippen LogP contribution in [0.4, 0.5) is 5.69 Å². The topological polar surface area (TPSA) is 84.7 Å². The van der Waals surface area contributed by atoms with Gasteiger partial charge in [0.05, 0.1) is 13.7 Å². The molecule has 1 rings (SSSR count). The molecule has 1 aromatic rings. The van der Waals surface area contributed by atoms with Crippen LogP contribution in [0.15, 0.2) is 24.3 Å². The molecular formula is C15H23N3O3. The summed E-state index contributed by atoms with van der Waals surface area (Å²) in [6.45, 7) is 4.34. The SMILES string of the molecule is CCN(CC(=O)Nc1cccc(OC)c1)C(=O)C(C)CN. The molecule has 0 aliphatic carbocycles. The van der Waals surface area contributed by atoms with Crippen molar-refractivity contribution in [2.75, 3.05) is 32.1 Å². The van der Waals surface area contributed by atoms with Crippen molar-refractivity contribution in [3.05, 3.63) is 24.3 Å². The van der Waals surface area contributed by atoms with E-state index in [-0.39, 0.29) is 30.8 Å². The van der Waals surface area contributed by atoms with Crippen molar-refractivity contribution in [1.82, 2.24) is 4.90 Å². The van der Waals surface area contributed by atoms with Gasteiger partial charge in [0, 0.05) is 30.8 Å². The lowest BCUT2D eigenvalue weighted by Crippen LogP contribution is -2.42. The monoisotopic (exact) mass is 293 g/mol. The lowest BCUT2D eigenvalue weighted by atomic mass is 10.1. The maximum absolute atomic E-state index is 12.0. The van der Waals surface area contributed by atoms with Gasteiger partial charge in [0.15, 0.2) is 0 Å². The van der Waals surface area contributed by atoms with Crippen LogP contribution in [0, 0.1) is 5.92 Å². The number of methoxy groups -OCH3 is 1. The van der Waals surface area contributed by atoms with Crippen molar-refractivity contribution in [2.45, 2.75) is 13.8 Å². The van der Waals surface area contributed by atoms with Crippen LogP contribution in [0.25, 0.3) is 0 Å². The Bertz CT molecular complexity index is 491. The summed E-state index contributed by atoms with van der Waals surface area (Å²) in [7, 11) is 1.56. The van der Waals surface area contributed by atoms with Crippen LogP contribution in [0.3, 0.4) is 0 Å². The zero-order valence-electron chi connectivity index (χ0n) is 12.8. The summed E-state index contributed by atoms with van der Waals surface area (Å²) in [6, 6.07) is 7.06. The maximum atomic E-state index is 12.0. The Morgan fingerprint density at radius 1 is 1.43 bits per heavy atom. The van der Waals surface area contributed by atoms with Crippen LogP contribution in [0.1, 0.15) is 13.8 Å². The standard InChI is InChI=1S/C15H23N3O3/c1-4-18(15(20)11(2)9-16)10-14(19)17-12-6-5-7-13(8-12)21-3/h5-8,11H,4,9-10,16H2,1-3H3,(H,17,19). The van der Waals surface area contributed by atoms with E-state index in [1.54, 1.807) is 38.3 Å². The molecule has 0 saturated carbocycles. The molecule has 6 nitrogen and oxygen atoms in total. The number of hydrogen-bond donors (Lipinski definition) is 2. The van der Waals surface area contributed by atoms with Gasteiger partial charge in [-0.25, -0.2) is 0 Å². The number of nitrogens with one attached hydrogen (secondary N) is 1. The highest BCUT2D eigenvalue weighted by Crippen LogP contribution is 2.16. The molecule has 21 heavy (non-hydrogen) atoms. The molecule has 0 heterocycles. The quantitative estimate of drug-likeness (QED) is 0.787. The summed E-state index contributed by atoms with van der Waals surface area (Å²) in [5, 5.41) is 2.75. The minimum absolute atomic E-state index is 0.0108. The van der Waals surface area contributed by atoms with Crippen LogP contribution < -0.4 is 15.8 Å². The Morgan fingerprint density at radius 3 is 2.71 bits per heavy atom. The number of rotatable bonds is 7. The lowest BCUT2D eigenvalue weighted by Gasteiger charge is -2.23. The van der Waals surface area contributed by atoms with Crippen molar-refractivity contribution in [3.63, 3.8) is 0 Å². The van der Waals surface area contributed by atoms with E-state index in [4.69, 9.17) is 10.5 Å². The van der Waals surface area contributed by atoms with E-state index in [0.29, 0.717) is 18.0 Å². The summed E-state index contributed by atoms with van der Waals surface area (Å²) in [5.74, 6) is 0.0195. The number of benzene rings is 1. The molecule has 1 unspecified atom stereocenters. The molecule has 0 aromatic heterocycles. The van der Waals surface area contributed by atoms with E-state index in [0.717, 1.165) is 0 Å². The van der Waals surface area contributed by atoms with E-state index >= 15 is 0 Å². The third kappa shape index (κ3) is 5.07. The molecule has 6 heteroatoms. The third-order valence-electron chi connectivity index (χ3n) is 3.16. The summed E-state index contributed by atoms with van der Waals surface area (Å²) in [6.07, 6.45) is 0. The zero-order valence-corrected chi connectivity index (χ0v) is 12.8. The molecule has 0 aliphatic heterocycles. The molecule has 0 bridgehead atoms. The normalized spacial score (nSPS) is 11.6. The highest BCUT2D eigenvalue weighted by molar-refractivity contribution is 5.94. The molecule has 1 aromatic carbocycles. The summed E-state index contributed by atoms with van der Waals surface area (Å²) < 4.78 is 5.09. The number of carbonyl (C=O) groups excluding carboxylic acids is 2. The lowest BCUT2D eigenvalue weighted by molar-refractivity contribution is -0.137. The highest BCUT2D eigenvalue weighted by Gasteiger charge is 2.20. The third-order valence-corrected chi connectivity index (χ3v) is 3.16. The molecule has 0 aliphatic rings. The number of amides is 2. The molecule has 0 spiro atoms. The van der Waals surface area contributed by atoms with Crippen molar-refractivity contribution in [3.8, 4) is 5.75 Å². The first kappa shape index (κ1) is 17.0. The first-order valence-electron chi connectivity index (χ1n) is 6.94. The van der Waals surface area contributed by atoms with Gasteiger partial charge in [-0.3, -0.25) is 9.59 Å². The van der Waals surface area contributed by atoms with E-state index in [1.807, 2.05) is 6.92 Å². The second-order valence-corrected chi connectivity index (χ2v) is 4.77. The number of carbonyl (C=O) groups is 2. The van der Waals surface area contributed by atoms with Crippen LogP contribution in [-0.4, -0.2) is 43.5 Å². The molecule has 2 amide bonds. The first-order valence-corrected chi connectivity index (χ1v) is 6.94. The van der Waals surface area contributed by atoms with Gasteiger partial charge in [0.1, 0.15) is 5.75 Å². The average Bonchev–Trinajstić information content (AvgIpc) is 2.51. The minimum atomic E-state index is -0.283. The van der Waals surface area contributed by atoms with Crippen molar-refractivity contribution >= 4 is 17.5 Å². The Labute approximate surface area is 125 Å². The number of anilines is 1. The largest absolute Gasteiger partial charge is 0.497 e. The summed E-state index contributed by atoms with van der Waals surface area (Å²) in [5.41, 5.74) is 6.12. The van der Waals surface area contributed by atoms with E-state index in [9.17, 15) is 9.59 Å². The van der Waals surface area contributed by atoms with Crippen LogP contribution in [-0.2, 0) is 9.59 Å². The van der Waals surface area contributed by atoms with Gasteiger partial charge in [-0.2, -0.15) is 0 Å². The Hall–Kier alpha value is -2.08. The van der Waals surface area contributed by atoms with E-state index in [2.05, 4.69) is 5.32 Å². The summed E-state index contributed by atoms with van der Waals surface area (Å²) in [4.78, 5) is 25.6. The number of nitrogens with zero attached hydrogens (tertiary/aromatic N) is 1. The summed E-state index contributed by atoms with van der Waals surface area (Å²) >= 11 is 0. The van der Waals surface area contributed by atoms with Crippen LogP contribution in [0.5, 0.6) is 5.75 Å². The van der Waals surface area contributed by atoms with E-state index < -0.39 is 0 Å². The Balaban J connectivity index is 2.64. The number of hydrogen-bond acceptors (Lipinski definition) is 4. The van der Waals surface area contributed by atoms with Gasteiger partial charge >= 0.3 is 0 Å². The number of nitrogens with two attached hydrogens (primary N) is 1. The molecule has 0 fully saturated rings. The van der Waals surface area contributed by atoms with Gasteiger partial charge in [0.25, 0.3) is 0 Å². The molecule has 116 valence electrons. The molecule has 3 N–H and O–H groups in total. The molecule has 0 saturated heterocycles. The first-order chi connectivity index (χ1) is 10.0. The fourth-order valence-electron chi connectivity index (χ4n) is 1.83. The Morgan fingerprint density at radius 2 is 2.14 bits per heavy atom. The van der Waals surface area contributed by atoms with Gasteiger partial charge in [-0.05, 0) is 19.1 Å². The predicted octanol–water partition coefficient (Wildman–Crippen LogP) is 1.08. The van der Waals surface area contributed by atoms with Crippen molar-refractivity contribution in [2.24, 2.45) is 11.7 Å². The van der Waals surface area contributed by atoms with Crippen molar-refractivity contribution < 1.29 is 14.3 Å². The average molecular weight is 293 g/mol. The van der Waals surface area contributed by atoms with Gasteiger partial charge in [-0.1, -0.05) is 13.0 Å². The Kier molecular flexibility index (Phi) is 6.68. The maximum Gasteiger partial charge on any atom is 0.243 e. The molecular weight excluding hydrogens is 270 g/mol. The highest BCUT2D eigenvalue weighted by atomic mass is 16.5. The fourth-order valence-corrected chi connectivity index (χ4v) is 1.83. The minimum Gasteiger partial charge on any atom is -0.497 e. The van der Waals surface area contributed by atoms with Gasteiger partial charge < -0.3 is 20.7 Å². The number of ether oxygens (including phenoxy) is 1. The smallest absolute Gasteiger partial charge is 0.243 e. The van der Waals surface area contributed by atoms with Crippen molar-refractivity contribution in [1.29, 1.82) is 0 Å². The number of likely N-dealkylation sites (N-methyl/N-ethyl adjacent to an activating group) is 1. The predicted molar refractivity (Wildman–Crippen MR) is 82.1 cm³/mol. The van der Waals surface area contributed by atoms with Gasteiger partial charge in [0.2, 0.25) is 11.8 Å².